The standard InChI is InChI=1S/C19H27N3O3/c1-13-16(3-2-7-20-13)21-19(23)17-11-14-4-8-22(12-18(14)25-17)15-5-9-24-10-6-15/h2-3,7,14-15,17-18H,4-6,8-12H2,1H3,(H,21,23)/t14-,17+,18-/m1/s1. The number of pyridine rings is 1. The molecule has 4 rings (SSSR count). The molecule has 0 spiro atoms. The van der Waals surface area contributed by atoms with Crippen LogP contribution in [0, 0.1) is 12.8 Å². The molecule has 1 aromatic heterocycles. The third kappa shape index (κ3) is 3.71. The van der Waals surface area contributed by atoms with Gasteiger partial charge in [0.2, 0.25) is 0 Å². The highest BCUT2D eigenvalue weighted by Crippen LogP contribution is 2.35. The van der Waals surface area contributed by atoms with Gasteiger partial charge in [-0.25, -0.2) is 0 Å². The van der Waals surface area contributed by atoms with E-state index in [4.69, 9.17) is 9.47 Å². The number of ether oxygens (including phenoxy) is 2. The van der Waals surface area contributed by atoms with Gasteiger partial charge in [0, 0.05) is 32.0 Å². The maximum absolute atomic E-state index is 12.6. The summed E-state index contributed by atoms with van der Waals surface area (Å²) in [6.45, 7) is 5.70. The molecule has 3 fully saturated rings. The van der Waals surface area contributed by atoms with E-state index in [0.29, 0.717) is 12.0 Å². The lowest BCUT2D eigenvalue weighted by molar-refractivity contribution is -0.127. The number of rotatable bonds is 3. The van der Waals surface area contributed by atoms with Gasteiger partial charge in [-0.05, 0) is 57.2 Å². The Hall–Kier alpha value is -1.50. The number of aryl methyl sites for hydroxylation is 1. The van der Waals surface area contributed by atoms with E-state index < -0.39 is 0 Å². The third-order valence-electron chi connectivity index (χ3n) is 5.85. The fourth-order valence-electron chi connectivity index (χ4n) is 4.33. The molecule has 25 heavy (non-hydrogen) atoms. The molecule has 3 saturated heterocycles. The summed E-state index contributed by atoms with van der Waals surface area (Å²) in [4.78, 5) is 19.4. The lowest BCUT2D eigenvalue weighted by atomic mass is 9.90. The Kier molecular flexibility index (Phi) is 5.01. The van der Waals surface area contributed by atoms with Crippen molar-refractivity contribution >= 4 is 11.6 Å². The SMILES string of the molecule is Cc1ncccc1NC(=O)[C@@H]1C[C@H]2CCN(C3CCOCC3)C[C@H]2O1. The Morgan fingerprint density at radius 3 is 2.96 bits per heavy atom. The number of hydrogen-bond donors (Lipinski definition) is 1. The number of amides is 1. The number of likely N-dealkylation sites (tertiary alicyclic amines) is 1. The van der Waals surface area contributed by atoms with E-state index in [0.717, 1.165) is 63.4 Å². The lowest BCUT2D eigenvalue weighted by Crippen LogP contribution is -2.49. The van der Waals surface area contributed by atoms with Gasteiger partial charge in [0.25, 0.3) is 5.91 Å². The summed E-state index contributed by atoms with van der Waals surface area (Å²) in [6, 6.07) is 4.34. The van der Waals surface area contributed by atoms with Crippen LogP contribution in [-0.2, 0) is 14.3 Å². The average Bonchev–Trinajstić information content (AvgIpc) is 3.08. The molecule has 3 aliphatic rings. The van der Waals surface area contributed by atoms with Crippen molar-refractivity contribution in [3.05, 3.63) is 24.0 Å². The van der Waals surface area contributed by atoms with Crippen molar-refractivity contribution in [2.45, 2.75) is 50.9 Å². The van der Waals surface area contributed by atoms with E-state index in [1.54, 1.807) is 6.20 Å². The van der Waals surface area contributed by atoms with Gasteiger partial charge in [0.15, 0.2) is 0 Å². The van der Waals surface area contributed by atoms with E-state index in [-0.39, 0.29) is 18.1 Å². The van der Waals surface area contributed by atoms with Gasteiger partial charge in [-0.3, -0.25) is 14.7 Å². The van der Waals surface area contributed by atoms with Crippen LogP contribution in [0.3, 0.4) is 0 Å². The first kappa shape index (κ1) is 16.9. The second kappa shape index (κ2) is 7.40. The van der Waals surface area contributed by atoms with Crippen molar-refractivity contribution < 1.29 is 14.3 Å². The highest BCUT2D eigenvalue weighted by atomic mass is 16.5. The van der Waals surface area contributed by atoms with Crippen molar-refractivity contribution in [3.63, 3.8) is 0 Å². The van der Waals surface area contributed by atoms with Crippen LogP contribution >= 0.6 is 0 Å². The van der Waals surface area contributed by atoms with Crippen LogP contribution < -0.4 is 5.32 Å². The van der Waals surface area contributed by atoms with E-state index in [1.807, 2.05) is 19.1 Å². The molecule has 1 N–H and O–H groups in total. The molecule has 6 nitrogen and oxygen atoms in total. The first-order valence-corrected chi connectivity index (χ1v) is 9.40. The number of nitrogens with one attached hydrogen (secondary N) is 1. The maximum atomic E-state index is 12.6. The smallest absolute Gasteiger partial charge is 0.253 e. The topological polar surface area (TPSA) is 63.7 Å². The number of piperidine rings is 1. The molecule has 0 saturated carbocycles. The fraction of sp³-hybridized carbons (Fsp3) is 0.684. The largest absolute Gasteiger partial charge is 0.381 e. The van der Waals surface area contributed by atoms with Crippen molar-refractivity contribution in [1.29, 1.82) is 0 Å². The molecule has 4 heterocycles. The Morgan fingerprint density at radius 1 is 1.32 bits per heavy atom. The summed E-state index contributed by atoms with van der Waals surface area (Å²) in [5.74, 6) is 0.463. The van der Waals surface area contributed by atoms with Crippen LogP contribution in [0.25, 0.3) is 0 Å². The number of anilines is 1. The van der Waals surface area contributed by atoms with Crippen LogP contribution in [0.15, 0.2) is 18.3 Å². The normalized spacial score (nSPS) is 30.8. The molecule has 3 aliphatic heterocycles. The lowest BCUT2D eigenvalue weighted by Gasteiger charge is -2.40. The number of hydrogen-bond acceptors (Lipinski definition) is 5. The van der Waals surface area contributed by atoms with Gasteiger partial charge in [0.1, 0.15) is 6.10 Å². The predicted octanol–water partition coefficient (Wildman–Crippen LogP) is 1.99. The number of fused-ring (bicyclic) bond motifs is 1. The number of carbonyl (C=O) groups is 1. The molecule has 136 valence electrons. The van der Waals surface area contributed by atoms with Gasteiger partial charge in [-0.15, -0.1) is 0 Å². The van der Waals surface area contributed by atoms with Crippen molar-refractivity contribution in [3.8, 4) is 0 Å². The quantitative estimate of drug-likeness (QED) is 0.908. The van der Waals surface area contributed by atoms with Crippen LogP contribution in [-0.4, -0.2) is 60.3 Å². The molecule has 0 bridgehead atoms. The van der Waals surface area contributed by atoms with Crippen LogP contribution in [0.1, 0.15) is 31.4 Å². The molecule has 3 atom stereocenters. The summed E-state index contributed by atoms with van der Waals surface area (Å²) < 4.78 is 11.6. The highest BCUT2D eigenvalue weighted by Gasteiger charge is 2.43. The molecule has 1 aromatic rings. The van der Waals surface area contributed by atoms with E-state index in [1.165, 1.54) is 0 Å². The average molecular weight is 345 g/mol. The van der Waals surface area contributed by atoms with Crippen LogP contribution in [0.5, 0.6) is 0 Å². The van der Waals surface area contributed by atoms with Crippen molar-refractivity contribution in [2.75, 3.05) is 31.6 Å². The number of aromatic nitrogens is 1. The Labute approximate surface area is 148 Å². The fourth-order valence-corrected chi connectivity index (χ4v) is 4.33. The zero-order valence-electron chi connectivity index (χ0n) is 14.8. The van der Waals surface area contributed by atoms with E-state index in [2.05, 4.69) is 15.2 Å². The summed E-state index contributed by atoms with van der Waals surface area (Å²) in [5, 5.41) is 2.98. The molecular formula is C19H27N3O3. The predicted molar refractivity (Wildman–Crippen MR) is 94.4 cm³/mol. The van der Waals surface area contributed by atoms with Gasteiger partial charge in [0.05, 0.1) is 17.5 Å². The summed E-state index contributed by atoms with van der Waals surface area (Å²) in [6.07, 6.45) is 5.75. The first-order chi connectivity index (χ1) is 12.2. The minimum absolute atomic E-state index is 0.0388. The van der Waals surface area contributed by atoms with Crippen molar-refractivity contribution in [1.82, 2.24) is 9.88 Å². The third-order valence-corrected chi connectivity index (χ3v) is 5.85. The molecule has 0 radical (unpaired) electrons. The Bertz CT molecular complexity index is 618. The highest BCUT2D eigenvalue weighted by molar-refractivity contribution is 5.94. The van der Waals surface area contributed by atoms with Crippen LogP contribution in [0.2, 0.25) is 0 Å². The molecular weight excluding hydrogens is 318 g/mol. The van der Waals surface area contributed by atoms with E-state index >= 15 is 0 Å². The van der Waals surface area contributed by atoms with Crippen LogP contribution in [0.4, 0.5) is 5.69 Å². The minimum atomic E-state index is -0.343. The van der Waals surface area contributed by atoms with Gasteiger partial charge in [-0.2, -0.15) is 0 Å². The Balaban J connectivity index is 1.34. The second-order valence-corrected chi connectivity index (χ2v) is 7.41. The molecule has 1 amide bonds. The number of nitrogens with zero attached hydrogens (tertiary/aromatic N) is 2. The maximum Gasteiger partial charge on any atom is 0.253 e. The van der Waals surface area contributed by atoms with Gasteiger partial charge < -0.3 is 14.8 Å². The summed E-state index contributed by atoms with van der Waals surface area (Å²) >= 11 is 0. The monoisotopic (exact) mass is 345 g/mol. The molecule has 6 heteroatoms. The summed E-state index contributed by atoms with van der Waals surface area (Å²) in [5.41, 5.74) is 1.60. The van der Waals surface area contributed by atoms with Gasteiger partial charge in [-0.1, -0.05) is 0 Å². The number of carbonyl (C=O) groups excluding carboxylic acids is 1. The van der Waals surface area contributed by atoms with E-state index in [9.17, 15) is 4.79 Å². The van der Waals surface area contributed by atoms with Gasteiger partial charge >= 0.3 is 0 Å². The minimum Gasteiger partial charge on any atom is -0.381 e. The summed E-state index contributed by atoms with van der Waals surface area (Å²) in [7, 11) is 0. The molecule has 0 aliphatic carbocycles. The first-order valence-electron chi connectivity index (χ1n) is 9.40. The Morgan fingerprint density at radius 2 is 2.16 bits per heavy atom. The zero-order valence-corrected chi connectivity index (χ0v) is 14.8. The second-order valence-electron chi connectivity index (χ2n) is 7.41. The molecule has 0 unspecified atom stereocenters. The van der Waals surface area contributed by atoms with Crippen molar-refractivity contribution in [2.24, 2.45) is 5.92 Å². The zero-order chi connectivity index (χ0) is 17.2. The molecule has 0 aromatic carbocycles.